The summed E-state index contributed by atoms with van der Waals surface area (Å²) in [5, 5.41) is 0.808. The predicted molar refractivity (Wildman–Crippen MR) is 76.0 cm³/mol. The summed E-state index contributed by atoms with van der Waals surface area (Å²) in [6.07, 6.45) is 4.89. The van der Waals surface area contributed by atoms with Crippen LogP contribution in [0.15, 0.2) is 30.4 Å². The SMILES string of the molecule is O=C1[C@@H]2C3C=CC(C3)N2C(=O)N1c1cc(Cl)cc(Cl)c1. The van der Waals surface area contributed by atoms with E-state index in [0.29, 0.717) is 15.7 Å². The lowest BCUT2D eigenvalue weighted by molar-refractivity contribution is -0.119. The number of carbonyl (C=O) groups is 2. The number of fused-ring (bicyclic) bond motifs is 5. The van der Waals surface area contributed by atoms with E-state index >= 15 is 0 Å². The number of hydrogen-bond acceptors (Lipinski definition) is 2. The Balaban J connectivity index is 1.78. The summed E-state index contributed by atoms with van der Waals surface area (Å²) in [6.45, 7) is 0. The van der Waals surface area contributed by atoms with Gasteiger partial charge in [0.2, 0.25) is 0 Å². The van der Waals surface area contributed by atoms with E-state index in [2.05, 4.69) is 0 Å². The lowest BCUT2D eigenvalue weighted by Crippen LogP contribution is -2.38. The number of imide groups is 1. The molecule has 2 saturated heterocycles. The molecule has 2 fully saturated rings. The molecule has 0 N–H and O–H groups in total. The summed E-state index contributed by atoms with van der Waals surface area (Å²) in [6, 6.07) is 4.14. The summed E-state index contributed by atoms with van der Waals surface area (Å²) in [4.78, 5) is 27.9. The molecular weight excluding hydrogens is 299 g/mol. The van der Waals surface area contributed by atoms with Gasteiger partial charge in [-0.25, -0.2) is 9.69 Å². The average molecular weight is 309 g/mol. The van der Waals surface area contributed by atoms with Gasteiger partial charge in [-0.15, -0.1) is 0 Å². The largest absolute Gasteiger partial charge is 0.332 e. The number of carbonyl (C=O) groups excluding carboxylic acids is 2. The van der Waals surface area contributed by atoms with Gasteiger partial charge in [0.25, 0.3) is 5.91 Å². The quantitative estimate of drug-likeness (QED) is 0.591. The molecule has 2 bridgehead atoms. The topological polar surface area (TPSA) is 40.6 Å². The molecule has 1 aliphatic carbocycles. The van der Waals surface area contributed by atoms with Crippen LogP contribution >= 0.6 is 23.2 Å². The number of hydrogen-bond donors (Lipinski definition) is 0. The fourth-order valence-electron chi connectivity index (χ4n) is 3.37. The minimum absolute atomic E-state index is 0.0427. The second-order valence-corrected chi connectivity index (χ2v) is 6.16. The second-order valence-electron chi connectivity index (χ2n) is 5.29. The van der Waals surface area contributed by atoms with Crippen LogP contribution in [0.3, 0.4) is 0 Å². The van der Waals surface area contributed by atoms with E-state index in [-0.39, 0.29) is 29.9 Å². The number of urea groups is 1. The van der Waals surface area contributed by atoms with Crippen molar-refractivity contribution in [1.29, 1.82) is 0 Å². The van der Waals surface area contributed by atoms with Crippen molar-refractivity contribution in [3.8, 4) is 0 Å². The van der Waals surface area contributed by atoms with E-state index in [9.17, 15) is 9.59 Å². The van der Waals surface area contributed by atoms with Gasteiger partial charge in [-0.1, -0.05) is 35.4 Å². The molecular formula is C14H10Cl2N2O2. The number of rotatable bonds is 1. The molecule has 0 radical (unpaired) electrons. The van der Waals surface area contributed by atoms with E-state index < -0.39 is 0 Å². The fraction of sp³-hybridized carbons (Fsp3) is 0.286. The first-order chi connectivity index (χ1) is 9.56. The Labute approximate surface area is 125 Å². The maximum absolute atomic E-state index is 12.6. The highest BCUT2D eigenvalue weighted by Crippen LogP contribution is 2.43. The van der Waals surface area contributed by atoms with Crippen molar-refractivity contribution in [2.24, 2.45) is 5.92 Å². The zero-order valence-corrected chi connectivity index (χ0v) is 11.8. The number of anilines is 1. The third kappa shape index (κ3) is 1.49. The van der Waals surface area contributed by atoms with E-state index in [1.54, 1.807) is 23.1 Å². The zero-order valence-electron chi connectivity index (χ0n) is 10.3. The van der Waals surface area contributed by atoms with Crippen LogP contribution in [0.2, 0.25) is 10.0 Å². The minimum atomic E-state index is -0.366. The van der Waals surface area contributed by atoms with Gasteiger partial charge in [0, 0.05) is 16.0 Å². The van der Waals surface area contributed by atoms with Gasteiger partial charge in [-0.2, -0.15) is 0 Å². The molecule has 102 valence electrons. The van der Waals surface area contributed by atoms with Crippen molar-refractivity contribution in [3.05, 3.63) is 40.4 Å². The standard InChI is InChI=1S/C14H10Cl2N2O2/c15-8-4-9(16)6-11(5-8)18-13(19)12-7-1-2-10(3-7)17(12)14(18)20/h1-2,4-7,10,12H,3H2/t7?,10?,12-/m0/s1. The fourth-order valence-corrected chi connectivity index (χ4v) is 3.89. The van der Waals surface area contributed by atoms with E-state index in [0.717, 1.165) is 6.42 Å². The van der Waals surface area contributed by atoms with Gasteiger partial charge in [-0.3, -0.25) is 4.79 Å². The molecule has 4 rings (SSSR count). The number of nitrogens with zero attached hydrogens (tertiary/aromatic N) is 2. The molecule has 0 spiro atoms. The molecule has 1 aromatic rings. The Morgan fingerprint density at radius 1 is 1.05 bits per heavy atom. The normalized spacial score (nSPS) is 30.6. The highest BCUT2D eigenvalue weighted by Gasteiger charge is 2.57. The summed E-state index contributed by atoms with van der Waals surface area (Å²) < 4.78 is 0. The molecule has 2 unspecified atom stereocenters. The highest BCUT2D eigenvalue weighted by atomic mass is 35.5. The number of halogens is 2. The van der Waals surface area contributed by atoms with Crippen molar-refractivity contribution in [3.63, 3.8) is 0 Å². The smallest absolute Gasteiger partial charge is 0.305 e. The zero-order chi connectivity index (χ0) is 14.0. The first kappa shape index (κ1) is 12.2. The molecule has 2 heterocycles. The molecule has 3 amide bonds. The summed E-state index contributed by atoms with van der Waals surface area (Å²) in [5.74, 6) is -0.0544. The molecule has 0 aromatic heterocycles. The van der Waals surface area contributed by atoms with E-state index in [1.165, 1.54) is 4.90 Å². The molecule has 6 heteroatoms. The van der Waals surface area contributed by atoms with Gasteiger partial charge in [-0.05, 0) is 24.6 Å². The van der Waals surface area contributed by atoms with Crippen molar-refractivity contribution in [2.45, 2.75) is 18.5 Å². The lowest BCUT2D eigenvalue weighted by atomic mass is 10.0. The molecule has 0 saturated carbocycles. The van der Waals surface area contributed by atoms with Gasteiger partial charge >= 0.3 is 6.03 Å². The predicted octanol–water partition coefficient (Wildman–Crippen LogP) is 3.09. The Hall–Kier alpha value is -1.52. The van der Waals surface area contributed by atoms with Crippen LogP contribution in [0, 0.1) is 5.92 Å². The van der Waals surface area contributed by atoms with Crippen LogP contribution in [-0.4, -0.2) is 28.9 Å². The van der Waals surface area contributed by atoms with Crippen LogP contribution in [-0.2, 0) is 4.79 Å². The van der Waals surface area contributed by atoms with Crippen molar-refractivity contribution in [2.75, 3.05) is 4.90 Å². The maximum Gasteiger partial charge on any atom is 0.332 e. The second kappa shape index (κ2) is 3.99. The third-order valence-electron chi connectivity index (χ3n) is 4.15. The van der Waals surface area contributed by atoms with Gasteiger partial charge < -0.3 is 4.90 Å². The summed E-state index contributed by atoms with van der Waals surface area (Å²) >= 11 is 11.9. The molecule has 3 aliphatic rings. The summed E-state index contributed by atoms with van der Waals surface area (Å²) in [7, 11) is 0. The van der Waals surface area contributed by atoms with Crippen molar-refractivity contribution in [1.82, 2.24) is 4.90 Å². The first-order valence-corrected chi connectivity index (χ1v) is 7.12. The van der Waals surface area contributed by atoms with Gasteiger partial charge in [0.1, 0.15) is 6.04 Å². The number of amides is 3. The Morgan fingerprint density at radius 2 is 1.75 bits per heavy atom. The van der Waals surface area contributed by atoms with E-state index in [4.69, 9.17) is 23.2 Å². The maximum atomic E-state index is 12.6. The van der Waals surface area contributed by atoms with Gasteiger partial charge in [0.15, 0.2) is 0 Å². The molecule has 4 nitrogen and oxygen atoms in total. The van der Waals surface area contributed by atoms with E-state index in [1.807, 2.05) is 12.2 Å². The minimum Gasteiger partial charge on any atom is -0.305 e. The summed E-state index contributed by atoms with van der Waals surface area (Å²) in [5.41, 5.74) is 0.436. The third-order valence-corrected chi connectivity index (χ3v) is 4.58. The molecule has 2 aliphatic heterocycles. The monoisotopic (exact) mass is 308 g/mol. The Bertz CT molecular complexity index is 623. The first-order valence-electron chi connectivity index (χ1n) is 6.37. The lowest BCUT2D eigenvalue weighted by Gasteiger charge is -2.22. The van der Waals surface area contributed by atoms with Crippen molar-refractivity contribution < 1.29 is 9.59 Å². The van der Waals surface area contributed by atoms with Crippen molar-refractivity contribution >= 4 is 40.8 Å². The van der Waals surface area contributed by atoms with Crippen LogP contribution in [0.4, 0.5) is 10.5 Å². The number of benzene rings is 1. The molecule has 3 atom stereocenters. The Morgan fingerprint density at radius 3 is 2.40 bits per heavy atom. The van der Waals surface area contributed by atoms with Crippen LogP contribution in [0.5, 0.6) is 0 Å². The van der Waals surface area contributed by atoms with Crippen LogP contribution in [0.25, 0.3) is 0 Å². The highest BCUT2D eigenvalue weighted by molar-refractivity contribution is 6.35. The molecule has 1 aromatic carbocycles. The van der Waals surface area contributed by atoms with Gasteiger partial charge in [0.05, 0.1) is 11.7 Å². The van der Waals surface area contributed by atoms with Crippen LogP contribution < -0.4 is 4.90 Å². The Kier molecular flexibility index (Phi) is 2.44. The molecule has 20 heavy (non-hydrogen) atoms. The average Bonchev–Trinajstić information content (AvgIpc) is 3.02. The van der Waals surface area contributed by atoms with Crippen LogP contribution in [0.1, 0.15) is 6.42 Å².